The van der Waals surface area contributed by atoms with Crippen molar-refractivity contribution in [3.8, 4) is 0 Å². The molecule has 0 radical (unpaired) electrons. The quantitative estimate of drug-likeness (QED) is 0.250. The maximum absolute atomic E-state index is 14.2. The summed E-state index contributed by atoms with van der Waals surface area (Å²) in [5, 5.41) is 6.58. The lowest BCUT2D eigenvalue weighted by molar-refractivity contribution is 0.559. The first-order chi connectivity index (χ1) is 14.4. The van der Waals surface area contributed by atoms with Crippen LogP contribution in [0, 0.1) is 5.82 Å². The first-order valence-corrected chi connectivity index (χ1v) is 11.8. The van der Waals surface area contributed by atoms with Crippen LogP contribution in [0.15, 0.2) is 53.5 Å². The molecule has 0 aliphatic heterocycles. The van der Waals surface area contributed by atoms with Crippen LogP contribution in [0.3, 0.4) is 0 Å². The van der Waals surface area contributed by atoms with Gasteiger partial charge in [0.25, 0.3) is 0 Å². The summed E-state index contributed by atoms with van der Waals surface area (Å²) < 4.78 is 39.8. The van der Waals surface area contributed by atoms with E-state index in [-0.39, 0.29) is 41.0 Å². The number of hydrogen-bond acceptors (Lipinski definition) is 3. The lowest BCUT2D eigenvalue weighted by Gasteiger charge is -2.19. The van der Waals surface area contributed by atoms with Gasteiger partial charge in [0.15, 0.2) is 5.96 Å². The van der Waals surface area contributed by atoms with Gasteiger partial charge in [-0.1, -0.05) is 42.5 Å². The maximum atomic E-state index is 14.2. The van der Waals surface area contributed by atoms with Gasteiger partial charge in [-0.25, -0.2) is 22.5 Å². The molecule has 3 N–H and O–H groups in total. The molecule has 0 atom stereocenters. The van der Waals surface area contributed by atoms with E-state index in [9.17, 15) is 12.8 Å². The Morgan fingerprint density at radius 3 is 2.29 bits per heavy atom. The van der Waals surface area contributed by atoms with Crippen molar-refractivity contribution in [2.24, 2.45) is 4.99 Å². The van der Waals surface area contributed by atoms with E-state index in [1.807, 2.05) is 31.2 Å². The molecule has 2 aromatic rings. The highest BCUT2D eigenvalue weighted by Gasteiger charge is 2.45. The van der Waals surface area contributed by atoms with E-state index in [0.717, 1.165) is 36.1 Å². The van der Waals surface area contributed by atoms with E-state index >= 15 is 0 Å². The molecule has 0 amide bonds. The predicted molar refractivity (Wildman–Crippen MR) is 134 cm³/mol. The molecule has 0 spiro atoms. The molecule has 2 aromatic carbocycles. The second-order valence-corrected chi connectivity index (χ2v) is 9.52. The molecule has 1 fully saturated rings. The van der Waals surface area contributed by atoms with Gasteiger partial charge in [0, 0.05) is 18.5 Å². The van der Waals surface area contributed by atoms with Crippen molar-refractivity contribution in [2.45, 2.75) is 37.5 Å². The fourth-order valence-corrected chi connectivity index (χ4v) is 4.16. The number of sulfonamides is 1. The Balaban J connectivity index is 0.00000341. The molecule has 0 bridgehead atoms. The fourth-order valence-electron chi connectivity index (χ4n) is 3.38. The average Bonchev–Trinajstić information content (AvgIpc) is 3.52. The molecule has 31 heavy (non-hydrogen) atoms. The Kier molecular flexibility index (Phi) is 9.26. The van der Waals surface area contributed by atoms with Gasteiger partial charge < -0.3 is 10.6 Å². The first kappa shape index (κ1) is 25.5. The standard InChI is InChI=1S/C22H29FN4O2S.HI/c1-3-25-21(27-16-22(12-13-22)19-6-4-5-7-20(19)23)26-14-17-8-10-18(11-9-17)15-30(28,29)24-2;/h4-11,24H,3,12-16H2,1-2H3,(H2,25,26,27);1H. The minimum absolute atomic E-state index is 0. The van der Waals surface area contributed by atoms with Crippen LogP contribution in [0.2, 0.25) is 0 Å². The summed E-state index contributed by atoms with van der Waals surface area (Å²) >= 11 is 0. The number of benzene rings is 2. The van der Waals surface area contributed by atoms with Gasteiger partial charge in [0.1, 0.15) is 5.82 Å². The third-order valence-electron chi connectivity index (χ3n) is 5.35. The van der Waals surface area contributed by atoms with Gasteiger partial charge in [0.05, 0.1) is 12.3 Å². The Morgan fingerprint density at radius 2 is 1.71 bits per heavy atom. The van der Waals surface area contributed by atoms with E-state index in [4.69, 9.17) is 0 Å². The normalized spacial score (nSPS) is 15.1. The maximum Gasteiger partial charge on any atom is 0.215 e. The van der Waals surface area contributed by atoms with E-state index in [1.54, 1.807) is 18.2 Å². The molecule has 9 heteroatoms. The molecule has 1 aliphatic rings. The van der Waals surface area contributed by atoms with Crippen molar-refractivity contribution in [1.82, 2.24) is 15.4 Å². The smallest absolute Gasteiger partial charge is 0.215 e. The number of nitrogens with zero attached hydrogens (tertiary/aromatic N) is 1. The summed E-state index contributed by atoms with van der Waals surface area (Å²) in [4.78, 5) is 4.62. The van der Waals surface area contributed by atoms with Crippen LogP contribution in [0.4, 0.5) is 4.39 Å². The predicted octanol–water partition coefficient (Wildman–Crippen LogP) is 3.28. The number of guanidine groups is 1. The third-order valence-corrected chi connectivity index (χ3v) is 6.68. The fraction of sp³-hybridized carbons (Fsp3) is 0.409. The number of hydrogen-bond donors (Lipinski definition) is 3. The molecule has 0 aromatic heterocycles. The van der Waals surface area contributed by atoms with E-state index in [2.05, 4.69) is 20.3 Å². The summed E-state index contributed by atoms with van der Waals surface area (Å²) in [5.74, 6) is 0.483. The number of aliphatic imine (C=N–C) groups is 1. The van der Waals surface area contributed by atoms with Crippen molar-refractivity contribution in [3.05, 3.63) is 71.0 Å². The minimum Gasteiger partial charge on any atom is -0.357 e. The van der Waals surface area contributed by atoms with Crippen molar-refractivity contribution in [3.63, 3.8) is 0 Å². The van der Waals surface area contributed by atoms with Crippen LogP contribution in [0.25, 0.3) is 0 Å². The second kappa shape index (κ2) is 11.2. The van der Waals surface area contributed by atoms with Crippen LogP contribution in [0.1, 0.15) is 36.5 Å². The molecule has 170 valence electrons. The highest BCUT2D eigenvalue weighted by Crippen LogP contribution is 2.48. The number of halogens is 2. The Morgan fingerprint density at radius 1 is 1.06 bits per heavy atom. The summed E-state index contributed by atoms with van der Waals surface area (Å²) in [7, 11) is -1.88. The monoisotopic (exact) mass is 560 g/mol. The Labute approximate surface area is 201 Å². The lowest BCUT2D eigenvalue weighted by atomic mass is 9.95. The van der Waals surface area contributed by atoms with Crippen LogP contribution in [-0.4, -0.2) is 34.5 Å². The Bertz CT molecular complexity index is 993. The average molecular weight is 560 g/mol. The third kappa shape index (κ3) is 7.15. The van der Waals surface area contributed by atoms with Crippen LogP contribution >= 0.6 is 24.0 Å². The van der Waals surface area contributed by atoms with E-state index in [1.165, 1.54) is 13.1 Å². The van der Waals surface area contributed by atoms with Gasteiger partial charge >= 0.3 is 0 Å². The molecule has 1 saturated carbocycles. The number of nitrogens with one attached hydrogen (secondary N) is 3. The van der Waals surface area contributed by atoms with Gasteiger partial charge in [0.2, 0.25) is 10.0 Å². The molecular formula is C22H30FIN4O2S. The highest BCUT2D eigenvalue weighted by atomic mass is 127. The van der Waals surface area contributed by atoms with Gasteiger partial charge in [-0.15, -0.1) is 24.0 Å². The summed E-state index contributed by atoms with van der Waals surface area (Å²) in [6, 6.07) is 14.3. The minimum atomic E-state index is -3.28. The highest BCUT2D eigenvalue weighted by molar-refractivity contribution is 14.0. The summed E-state index contributed by atoms with van der Waals surface area (Å²) in [6.07, 6.45) is 1.91. The SMILES string of the molecule is CCNC(=NCc1ccc(CS(=O)(=O)NC)cc1)NCC1(c2ccccc2F)CC1.I. The zero-order chi connectivity index (χ0) is 21.6. The van der Waals surface area contributed by atoms with Crippen molar-refractivity contribution in [2.75, 3.05) is 20.1 Å². The van der Waals surface area contributed by atoms with Crippen LogP contribution < -0.4 is 15.4 Å². The molecule has 0 saturated heterocycles. The van der Waals surface area contributed by atoms with Gasteiger partial charge in [-0.05, 0) is 49.6 Å². The van der Waals surface area contributed by atoms with E-state index in [0.29, 0.717) is 19.0 Å². The molecule has 0 heterocycles. The van der Waals surface area contributed by atoms with Gasteiger partial charge in [-0.2, -0.15) is 0 Å². The van der Waals surface area contributed by atoms with Crippen LogP contribution in [0.5, 0.6) is 0 Å². The summed E-state index contributed by atoms with van der Waals surface area (Å²) in [6.45, 7) is 3.80. The molecule has 6 nitrogen and oxygen atoms in total. The first-order valence-electron chi connectivity index (χ1n) is 10.1. The summed E-state index contributed by atoms with van der Waals surface area (Å²) in [5.41, 5.74) is 2.30. The van der Waals surface area contributed by atoms with Crippen LogP contribution in [-0.2, 0) is 27.7 Å². The molecule has 0 unspecified atom stereocenters. The Hall–Kier alpha value is -1.72. The van der Waals surface area contributed by atoms with Crippen molar-refractivity contribution in [1.29, 1.82) is 0 Å². The van der Waals surface area contributed by atoms with Crippen molar-refractivity contribution >= 4 is 40.0 Å². The van der Waals surface area contributed by atoms with Crippen molar-refractivity contribution < 1.29 is 12.8 Å². The van der Waals surface area contributed by atoms with E-state index < -0.39 is 10.0 Å². The zero-order valence-corrected chi connectivity index (χ0v) is 21.0. The molecular weight excluding hydrogens is 530 g/mol. The number of rotatable bonds is 9. The molecule has 3 rings (SSSR count). The topological polar surface area (TPSA) is 82.6 Å². The van der Waals surface area contributed by atoms with Gasteiger partial charge in [-0.3, -0.25) is 0 Å². The second-order valence-electron chi connectivity index (χ2n) is 7.59. The largest absolute Gasteiger partial charge is 0.357 e. The zero-order valence-electron chi connectivity index (χ0n) is 17.8. The molecule has 1 aliphatic carbocycles. The lowest BCUT2D eigenvalue weighted by Crippen LogP contribution is -2.41.